The molecule has 1 aromatic heterocycles. The Kier molecular flexibility index (Phi) is 4.67. The van der Waals surface area contributed by atoms with Crippen molar-refractivity contribution >= 4 is 27.3 Å². The summed E-state index contributed by atoms with van der Waals surface area (Å²) in [5.74, 6) is 0.374. The number of hydrogen-bond donors (Lipinski definition) is 2. The maximum Gasteiger partial charge on any atom is 0.120 e. The van der Waals surface area contributed by atoms with E-state index in [1.165, 1.54) is 29.7 Å². The third kappa shape index (κ3) is 3.17. The van der Waals surface area contributed by atoms with Gasteiger partial charge in [0.25, 0.3) is 0 Å². The van der Waals surface area contributed by atoms with Crippen LogP contribution in [-0.4, -0.2) is 5.11 Å². The highest BCUT2D eigenvalue weighted by molar-refractivity contribution is 9.10. The average Bonchev–Trinajstić information content (AvgIpc) is 2.97. The molecule has 4 heteroatoms. The van der Waals surface area contributed by atoms with Gasteiger partial charge in [-0.3, -0.25) is 0 Å². The van der Waals surface area contributed by atoms with Crippen molar-refractivity contribution in [2.24, 2.45) is 0 Å². The number of halogens is 1. The summed E-state index contributed by atoms with van der Waals surface area (Å²) in [5, 5.41) is 16.1. The monoisotopic (exact) mass is 365 g/mol. The van der Waals surface area contributed by atoms with Crippen LogP contribution in [0.15, 0.2) is 34.1 Å². The van der Waals surface area contributed by atoms with Gasteiger partial charge in [0, 0.05) is 27.0 Å². The molecule has 3 rings (SSSR count). The average molecular weight is 366 g/mol. The van der Waals surface area contributed by atoms with E-state index in [0.29, 0.717) is 11.8 Å². The van der Waals surface area contributed by atoms with Gasteiger partial charge in [-0.15, -0.1) is 11.3 Å². The van der Waals surface area contributed by atoms with Gasteiger partial charge in [0.1, 0.15) is 5.75 Å². The first kappa shape index (κ1) is 15.1. The van der Waals surface area contributed by atoms with Crippen LogP contribution >= 0.6 is 27.3 Å². The Morgan fingerprint density at radius 1 is 1.43 bits per heavy atom. The molecule has 0 aliphatic heterocycles. The molecule has 1 aromatic carbocycles. The van der Waals surface area contributed by atoms with E-state index >= 15 is 0 Å². The minimum Gasteiger partial charge on any atom is -0.508 e. The molecule has 2 N–H and O–H groups in total. The van der Waals surface area contributed by atoms with Crippen LogP contribution in [0.5, 0.6) is 5.75 Å². The van der Waals surface area contributed by atoms with Crippen molar-refractivity contribution < 1.29 is 5.11 Å². The molecule has 21 heavy (non-hydrogen) atoms. The summed E-state index contributed by atoms with van der Waals surface area (Å²) < 4.78 is 1.01. The largest absolute Gasteiger partial charge is 0.508 e. The van der Waals surface area contributed by atoms with Crippen LogP contribution in [-0.2, 0) is 6.42 Å². The molecular weight excluding hydrogens is 346 g/mol. The fourth-order valence-corrected chi connectivity index (χ4v) is 4.50. The Morgan fingerprint density at radius 3 is 3.10 bits per heavy atom. The lowest BCUT2D eigenvalue weighted by molar-refractivity contribution is 0.381. The van der Waals surface area contributed by atoms with Crippen LogP contribution in [0, 0.1) is 0 Å². The normalized spacial score (nSPS) is 19.2. The molecule has 0 fully saturated rings. The second kappa shape index (κ2) is 6.51. The van der Waals surface area contributed by atoms with Crippen LogP contribution in [0.1, 0.15) is 54.3 Å². The Bertz CT molecular complexity index is 625. The number of hydrogen-bond acceptors (Lipinski definition) is 3. The van der Waals surface area contributed by atoms with Gasteiger partial charge in [0.15, 0.2) is 0 Å². The Morgan fingerprint density at radius 2 is 2.29 bits per heavy atom. The Labute approximate surface area is 138 Å². The number of rotatable bonds is 4. The van der Waals surface area contributed by atoms with Crippen molar-refractivity contribution in [2.45, 2.75) is 44.7 Å². The highest BCUT2D eigenvalue weighted by Gasteiger charge is 2.24. The smallest absolute Gasteiger partial charge is 0.120 e. The van der Waals surface area contributed by atoms with Gasteiger partial charge in [-0.25, -0.2) is 0 Å². The van der Waals surface area contributed by atoms with Crippen molar-refractivity contribution in [3.8, 4) is 5.75 Å². The molecule has 0 bridgehead atoms. The summed E-state index contributed by atoms with van der Waals surface area (Å²) in [6.07, 6.45) is 4.59. The lowest BCUT2D eigenvalue weighted by atomic mass is 9.92. The van der Waals surface area contributed by atoms with Crippen molar-refractivity contribution in [3.05, 3.63) is 50.1 Å². The summed E-state index contributed by atoms with van der Waals surface area (Å²) >= 11 is 5.37. The number of nitrogens with one attached hydrogen (secondary N) is 1. The van der Waals surface area contributed by atoms with E-state index in [-0.39, 0.29) is 6.04 Å². The van der Waals surface area contributed by atoms with Gasteiger partial charge in [0.05, 0.1) is 0 Å². The quantitative estimate of drug-likeness (QED) is 0.766. The van der Waals surface area contributed by atoms with Gasteiger partial charge in [-0.2, -0.15) is 0 Å². The molecule has 0 spiro atoms. The molecule has 1 aliphatic carbocycles. The zero-order valence-corrected chi connectivity index (χ0v) is 14.5. The second-order valence-corrected chi connectivity index (χ2v) is 7.49. The van der Waals surface area contributed by atoms with Crippen LogP contribution in [0.4, 0.5) is 0 Å². The molecule has 2 unspecified atom stereocenters. The van der Waals surface area contributed by atoms with Crippen molar-refractivity contribution in [2.75, 3.05) is 0 Å². The number of benzene rings is 1. The molecule has 0 amide bonds. The fourth-order valence-electron chi connectivity index (χ4n) is 3.13. The van der Waals surface area contributed by atoms with E-state index in [0.717, 1.165) is 16.5 Å². The molecule has 1 heterocycles. The summed E-state index contributed by atoms with van der Waals surface area (Å²) in [6.45, 7) is 2.16. The summed E-state index contributed by atoms with van der Waals surface area (Å²) in [4.78, 5) is 1.52. The van der Waals surface area contributed by atoms with Gasteiger partial charge in [-0.1, -0.05) is 22.9 Å². The zero-order chi connectivity index (χ0) is 14.8. The van der Waals surface area contributed by atoms with Crippen molar-refractivity contribution in [3.63, 3.8) is 0 Å². The molecule has 112 valence electrons. The summed E-state index contributed by atoms with van der Waals surface area (Å²) in [7, 11) is 0. The van der Waals surface area contributed by atoms with Crippen LogP contribution < -0.4 is 5.32 Å². The predicted octanol–water partition coefficient (Wildman–Crippen LogP) is 5.33. The molecule has 2 atom stereocenters. The molecule has 2 aromatic rings. The van der Waals surface area contributed by atoms with E-state index in [9.17, 15) is 5.11 Å². The number of fused-ring (bicyclic) bond motifs is 1. The third-order valence-corrected chi connectivity index (χ3v) is 5.72. The molecule has 0 saturated carbocycles. The van der Waals surface area contributed by atoms with E-state index in [4.69, 9.17) is 0 Å². The first-order valence-corrected chi connectivity index (χ1v) is 9.17. The number of aromatic hydroxyl groups is 1. The second-order valence-electron chi connectivity index (χ2n) is 5.57. The lowest BCUT2D eigenvalue weighted by Gasteiger charge is -2.29. The summed E-state index contributed by atoms with van der Waals surface area (Å²) in [6, 6.07) is 8.50. The first-order chi connectivity index (χ1) is 10.2. The van der Waals surface area contributed by atoms with E-state index in [1.807, 2.05) is 23.5 Å². The molecule has 1 aliphatic rings. The predicted molar refractivity (Wildman–Crippen MR) is 92.0 cm³/mol. The number of phenols is 1. The Balaban J connectivity index is 1.84. The maximum absolute atomic E-state index is 10.2. The van der Waals surface area contributed by atoms with E-state index in [1.54, 1.807) is 6.07 Å². The highest BCUT2D eigenvalue weighted by atomic mass is 79.9. The number of thiophene rings is 1. The standard InChI is InChI=1S/C17H20BrNOS/c1-2-14(13-10-11(18)6-7-16(13)20)19-15-4-3-5-17-12(15)8-9-21-17/h6-10,14-15,19-20H,2-5H2,1H3. The van der Waals surface area contributed by atoms with Gasteiger partial charge in [-0.05, 0) is 60.9 Å². The van der Waals surface area contributed by atoms with E-state index in [2.05, 4.69) is 39.6 Å². The SMILES string of the molecule is CCC(NC1CCCc2sccc21)c1cc(Br)ccc1O. The first-order valence-electron chi connectivity index (χ1n) is 7.49. The molecular formula is C17H20BrNOS. The van der Waals surface area contributed by atoms with Crippen molar-refractivity contribution in [1.82, 2.24) is 5.32 Å². The van der Waals surface area contributed by atoms with Crippen molar-refractivity contribution in [1.29, 1.82) is 0 Å². The van der Waals surface area contributed by atoms with Crippen LogP contribution in [0.2, 0.25) is 0 Å². The molecule has 0 saturated heterocycles. The van der Waals surface area contributed by atoms with Gasteiger partial charge < -0.3 is 10.4 Å². The van der Waals surface area contributed by atoms with Gasteiger partial charge >= 0.3 is 0 Å². The van der Waals surface area contributed by atoms with Crippen LogP contribution in [0.3, 0.4) is 0 Å². The topological polar surface area (TPSA) is 32.3 Å². The summed E-state index contributed by atoms with van der Waals surface area (Å²) in [5.41, 5.74) is 2.44. The molecule has 0 radical (unpaired) electrons. The maximum atomic E-state index is 10.2. The van der Waals surface area contributed by atoms with E-state index < -0.39 is 0 Å². The fraction of sp³-hybridized carbons (Fsp3) is 0.412. The minimum atomic E-state index is 0.179. The minimum absolute atomic E-state index is 0.179. The molecule has 2 nitrogen and oxygen atoms in total. The lowest BCUT2D eigenvalue weighted by Crippen LogP contribution is -2.28. The number of aryl methyl sites for hydroxylation is 1. The van der Waals surface area contributed by atoms with Gasteiger partial charge in [0.2, 0.25) is 0 Å². The van der Waals surface area contributed by atoms with Crippen LogP contribution in [0.25, 0.3) is 0 Å². The Hall–Kier alpha value is -0.840. The number of phenolic OH excluding ortho intramolecular Hbond substituents is 1. The third-order valence-electron chi connectivity index (χ3n) is 4.23. The zero-order valence-electron chi connectivity index (χ0n) is 12.1. The highest BCUT2D eigenvalue weighted by Crippen LogP contribution is 2.37.